The number of carbonyl (C=O) groups is 1. The first-order valence-electron chi connectivity index (χ1n) is 9.00. The number of benzene rings is 1. The Morgan fingerprint density at radius 3 is 2.80 bits per heavy atom. The Kier molecular flexibility index (Phi) is 5.53. The highest BCUT2D eigenvalue weighted by Crippen LogP contribution is 2.29. The highest BCUT2D eigenvalue weighted by Gasteiger charge is 2.30. The highest BCUT2D eigenvalue weighted by molar-refractivity contribution is 5.79. The number of hydrogen-bond donors (Lipinski definition) is 1. The number of amides is 1. The van der Waals surface area contributed by atoms with Crippen molar-refractivity contribution in [2.45, 2.75) is 45.3 Å². The highest BCUT2D eigenvalue weighted by atomic mass is 16.5. The van der Waals surface area contributed by atoms with Crippen LogP contribution in [0.3, 0.4) is 0 Å². The van der Waals surface area contributed by atoms with E-state index in [4.69, 9.17) is 4.74 Å². The van der Waals surface area contributed by atoms with E-state index < -0.39 is 0 Å². The first-order valence-corrected chi connectivity index (χ1v) is 9.00. The van der Waals surface area contributed by atoms with E-state index in [1.807, 2.05) is 24.7 Å². The molecule has 1 aliphatic rings. The number of carbonyl (C=O) groups excluding carboxylic acids is 1. The van der Waals surface area contributed by atoms with Crippen molar-refractivity contribution in [3.8, 4) is 0 Å². The molecule has 1 amide bonds. The Balaban J connectivity index is 1.65. The number of aryl methyl sites for hydroxylation is 2. The molecule has 1 fully saturated rings. The zero-order valence-corrected chi connectivity index (χ0v) is 15.2. The third-order valence-electron chi connectivity index (χ3n) is 4.94. The number of aromatic nitrogens is 2. The molecule has 3 rings (SSSR count). The van der Waals surface area contributed by atoms with E-state index in [0.717, 1.165) is 30.7 Å². The predicted molar refractivity (Wildman–Crippen MR) is 97.1 cm³/mol. The first kappa shape index (κ1) is 17.7. The van der Waals surface area contributed by atoms with Crippen LogP contribution in [0.2, 0.25) is 0 Å². The maximum Gasteiger partial charge on any atom is 0.223 e. The van der Waals surface area contributed by atoms with Crippen LogP contribution >= 0.6 is 0 Å². The number of nitrogens with one attached hydrogen (secondary N) is 1. The molecule has 25 heavy (non-hydrogen) atoms. The fraction of sp³-hybridized carbons (Fsp3) is 0.500. The minimum atomic E-state index is -0.101. The second-order valence-corrected chi connectivity index (χ2v) is 7.01. The third-order valence-corrected chi connectivity index (χ3v) is 4.94. The van der Waals surface area contributed by atoms with Crippen molar-refractivity contribution in [2.75, 3.05) is 6.61 Å². The average molecular weight is 341 g/mol. The van der Waals surface area contributed by atoms with E-state index in [2.05, 4.69) is 41.6 Å². The molecule has 0 bridgehead atoms. The van der Waals surface area contributed by atoms with Crippen molar-refractivity contribution < 1.29 is 9.53 Å². The van der Waals surface area contributed by atoms with Gasteiger partial charge < -0.3 is 10.1 Å². The van der Waals surface area contributed by atoms with Crippen molar-refractivity contribution in [3.63, 3.8) is 0 Å². The minimum Gasteiger partial charge on any atom is -0.371 e. The fourth-order valence-electron chi connectivity index (χ4n) is 3.35. The topological polar surface area (TPSA) is 56.1 Å². The monoisotopic (exact) mass is 341 g/mol. The molecule has 2 aromatic rings. The molecule has 2 heterocycles. The van der Waals surface area contributed by atoms with Crippen LogP contribution in [0.15, 0.2) is 36.5 Å². The lowest BCUT2D eigenvalue weighted by Gasteiger charge is -2.33. The number of rotatable bonds is 5. The summed E-state index contributed by atoms with van der Waals surface area (Å²) < 4.78 is 7.82. The zero-order valence-electron chi connectivity index (χ0n) is 15.2. The average Bonchev–Trinajstić information content (AvgIpc) is 3.01. The van der Waals surface area contributed by atoms with Gasteiger partial charge in [0.2, 0.25) is 5.91 Å². The lowest BCUT2D eigenvalue weighted by atomic mass is 9.94. The Morgan fingerprint density at radius 2 is 2.12 bits per heavy atom. The third kappa shape index (κ3) is 4.28. The summed E-state index contributed by atoms with van der Waals surface area (Å²) in [5.41, 5.74) is 3.43. The van der Waals surface area contributed by atoms with E-state index >= 15 is 0 Å². The van der Waals surface area contributed by atoms with Crippen LogP contribution in [0.5, 0.6) is 0 Å². The van der Waals surface area contributed by atoms with Crippen molar-refractivity contribution in [1.82, 2.24) is 15.1 Å². The number of nitrogens with zero attached hydrogens (tertiary/aromatic N) is 2. The van der Waals surface area contributed by atoms with Gasteiger partial charge in [-0.3, -0.25) is 9.48 Å². The molecule has 1 saturated heterocycles. The standard InChI is InChI=1S/C20H27N3O2/c1-14-6-8-16(9-7-14)19-18(5-4-12-25-19)22-20(24)15(2)13-17-10-11-21-23(17)3/h6-11,15,18-19H,4-5,12-13H2,1-3H3,(H,22,24)/t15?,18-,19+/m1/s1. The van der Waals surface area contributed by atoms with Gasteiger partial charge in [0.1, 0.15) is 6.10 Å². The number of ether oxygens (including phenoxy) is 1. The van der Waals surface area contributed by atoms with Crippen LogP contribution in [0.4, 0.5) is 0 Å². The lowest BCUT2D eigenvalue weighted by Crippen LogP contribution is -2.45. The fourth-order valence-corrected chi connectivity index (χ4v) is 3.35. The molecule has 0 spiro atoms. The first-order chi connectivity index (χ1) is 12.0. The van der Waals surface area contributed by atoms with E-state index in [1.54, 1.807) is 6.20 Å². The molecular formula is C20H27N3O2. The van der Waals surface area contributed by atoms with E-state index in [9.17, 15) is 4.79 Å². The molecule has 5 heteroatoms. The summed E-state index contributed by atoms with van der Waals surface area (Å²) in [6, 6.07) is 10.4. The summed E-state index contributed by atoms with van der Waals surface area (Å²) >= 11 is 0. The van der Waals surface area contributed by atoms with Crippen LogP contribution in [-0.2, 0) is 23.0 Å². The molecule has 1 N–H and O–H groups in total. The predicted octanol–water partition coefficient (Wildman–Crippen LogP) is 2.94. The normalized spacial score (nSPS) is 21.7. The van der Waals surface area contributed by atoms with Crippen molar-refractivity contribution in [3.05, 3.63) is 53.3 Å². The molecule has 0 aliphatic carbocycles. The van der Waals surface area contributed by atoms with Gasteiger partial charge in [-0.1, -0.05) is 36.8 Å². The van der Waals surface area contributed by atoms with Gasteiger partial charge >= 0.3 is 0 Å². The van der Waals surface area contributed by atoms with Crippen LogP contribution in [0, 0.1) is 12.8 Å². The smallest absolute Gasteiger partial charge is 0.223 e. The molecule has 134 valence electrons. The van der Waals surface area contributed by atoms with Crippen LogP contribution in [-0.4, -0.2) is 28.3 Å². The molecule has 0 radical (unpaired) electrons. The molecule has 5 nitrogen and oxygen atoms in total. The van der Waals surface area contributed by atoms with Gasteiger partial charge in [0.25, 0.3) is 0 Å². The molecule has 1 unspecified atom stereocenters. The van der Waals surface area contributed by atoms with E-state index in [0.29, 0.717) is 6.42 Å². The Morgan fingerprint density at radius 1 is 1.36 bits per heavy atom. The van der Waals surface area contributed by atoms with Crippen LogP contribution < -0.4 is 5.32 Å². The molecular weight excluding hydrogens is 314 g/mol. The second kappa shape index (κ2) is 7.83. The van der Waals surface area contributed by atoms with Crippen molar-refractivity contribution in [1.29, 1.82) is 0 Å². The Labute approximate surface area is 149 Å². The van der Waals surface area contributed by atoms with E-state index in [-0.39, 0.29) is 24.0 Å². The van der Waals surface area contributed by atoms with Crippen molar-refractivity contribution >= 4 is 5.91 Å². The summed E-state index contributed by atoms with van der Waals surface area (Å²) in [6.45, 7) is 4.78. The van der Waals surface area contributed by atoms with Gasteiger partial charge in [0.05, 0.1) is 6.04 Å². The molecule has 3 atom stereocenters. The van der Waals surface area contributed by atoms with Crippen LogP contribution in [0.25, 0.3) is 0 Å². The van der Waals surface area contributed by atoms with Gasteiger partial charge in [-0.15, -0.1) is 0 Å². The van der Waals surface area contributed by atoms with Gasteiger partial charge in [0, 0.05) is 37.9 Å². The molecule has 0 saturated carbocycles. The Hall–Kier alpha value is -2.14. The quantitative estimate of drug-likeness (QED) is 0.910. The van der Waals surface area contributed by atoms with Gasteiger partial charge in [-0.25, -0.2) is 0 Å². The summed E-state index contributed by atoms with van der Waals surface area (Å²) in [6.07, 6.45) is 4.31. The summed E-state index contributed by atoms with van der Waals surface area (Å²) in [5, 5.41) is 7.39. The largest absolute Gasteiger partial charge is 0.371 e. The van der Waals surface area contributed by atoms with Gasteiger partial charge in [-0.2, -0.15) is 5.10 Å². The molecule has 1 aromatic heterocycles. The molecule has 1 aliphatic heterocycles. The maximum absolute atomic E-state index is 12.7. The van der Waals surface area contributed by atoms with Gasteiger partial charge in [-0.05, 0) is 31.4 Å². The summed E-state index contributed by atoms with van der Waals surface area (Å²) in [4.78, 5) is 12.7. The van der Waals surface area contributed by atoms with E-state index in [1.165, 1.54) is 5.56 Å². The Bertz CT molecular complexity index is 708. The lowest BCUT2D eigenvalue weighted by molar-refractivity contribution is -0.127. The maximum atomic E-state index is 12.7. The molecule has 1 aromatic carbocycles. The minimum absolute atomic E-state index is 0.0259. The number of hydrogen-bond acceptors (Lipinski definition) is 3. The second-order valence-electron chi connectivity index (χ2n) is 7.01. The summed E-state index contributed by atoms with van der Waals surface area (Å²) in [5.74, 6) is -0.0233. The zero-order chi connectivity index (χ0) is 17.8. The van der Waals surface area contributed by atoms with Crippen LogP contribution in [0.1, 0.15) is 42.7 Å². The van der Waals surface area contributed by atoms with Crippen molar-refractivity contribution in [2.24, 2.45) is 13.0 Å². The summed E-state index contributed by atoms with van der Waals surface area (Å²) in [7, 11) is 1.91. The SMILES string of the molecule is Cc1ccc([C@@H]2OCCC[C@H]2NC(=O)C(C)Cc2ccnn2C)cc1. The van der Waals surface area contributed by atoms with Gasteiger partial charge in [0.15, 0.2) is 0 Å².